The molecule has 4 heterocycles. The number of nitrogens with two attached hydrogens (primary N) is 1. The highest BCUT2D eigenvalue weighted by atomic mass is 79.9. The Morgan fingerprint density at radius 1 is 1.25 bits per heavy atom. The van der Waals surface area contributed by atoms with Gasteiger partial charge in [0.05, 0.1) is 18.4 Å². The summed E-state index contributed by atoms with van der Waals surface area (Å²) in [4.78, 5) is 23.2. The number of rotatable bonds is 3. The molecule has 2 saturated heterocycles. The van der Waals surface area contributed by atoms with Gasteiger partial charge in [0.15, 0.2) is 5.65 Å². The van der Waals surface area contributed by atoms with Crippen LogP contribution in [0.3, 0.4) is 0 Å². The first-order valence-corrected chi connectivity index (χ1v) is 12.1. The molecule has 9 heteroatoms. The SMILES string of the molecule is C[C@@H]1OCC2(CCN(c3nc4[nH]nc(C5(c6cccc(Br)c6)CC5)c4c(=O)[nH]3)CC2)[C@@H]1N. The van der Waals surface area contributed by atoms with E-state index in [0.717, 1.165) is 48.9 Å². The molecule has 1 aromatic carbocycles. The Labute approximate surface area is 194 Å². The first-order valence-electron chi connectivity index (χ1n) is 11.3. The molecular formula is C23H27BrN6O2. The molecule has 0 unspecified atom stereocenters. The predicted octanol–water partition coefficient (Wildman–Crippen LogP) is 2.82. The first kappa shape index (κ1) is 20.4. The minimum absolute atomic E-state index is 0.0315. The number of H-pyrrole nitrogens is 2. The summed E-state index contributed by atoms with van der Waals surface area (Å²) in [5.74, 6) is 0.598. The van der Waals surface area contributed by atoms with Crippen molar-refractivity contribution in [2.75, 3.05) is 24.6 Å². The van der Waals surface area contributed by atoms with Crippen LogP contribution in [0.25, 0.3) is 11.0 Å². The van der Waals surface area contributed by atoms with E-state index in [1.165, 1.54) is 5.56 Å². The summed E-state index contributed by atoms with van der Waals surface area (Å²) in [7, 11) is 0. The Bertz CT molecular complexity index is 1240. The van der Waals surface area contributed by atoms with Crippen LogP contribution >= 0.6 is 15.9 Å². The van der Waals surface area contributed by atoms with E-state index >= 15 is 0 Å². The third kappa shape index (κ3) is 2.98. The van der Waals surface area contributed by atoms with Crippen LogP contribution in [0.5, 0.6) is 0 Å². The Balaban J connectivity index is 1.31. The van der Waals surface area contributed by atoms with E-state index in [0.29, 0.717) is 23.6 Å². The minimum Gasteiger partial charge on any atom is -0.376 e. The van der Waals surface area contributed by atoms with Crippen molar-refractivity contribution in [3.05, 3.63) is 50.3 Å². The lowest BCUT2D eigenvalue weighted by Gasteiger charge is -2.41. The fraction of sp³-hybridized carbons (Fsp3) is 0.522. The summed E-state index contributed by atoms with van der Waals surface area (Å²) in [6.45, 7) is 4.35. The van der Waals surface area contributed by atoms with Crippen molar-refractivity contribution < 1.29 is 4.74 Å². The van der Waals surface area contributed by atoms with Gasteiger partial charge in [-0.05, 0) is 50.3 Å². The van der Waals surface area contributed by atoms with Gasteiger partial charge >= 0.3 is 0 Å². The van der Waals surface area contributed by atoms with Gasteiger partial charge in [0.2, 0.25) is 5.95 Å². The Morgan fingerprint density at radius 3 is 2.69 bits per heavy atom. The Morgan fingerprint density at radius 2 is 2.03 bits per heavy atom. The molecule has 1 aliphatic carbocycles. The zero-order valence-electron chi connectivity index (χ0n) is 18.0. The van der Waals surface area contributed by atoms with E-state index in [1.807, 2.05) is 12.1 Å². The van der Waals surface area contributed by atoms with Gasteiger partial charge in [-0.3, -0.25) is 14.9 Å². The minimum atomic E-state index is -0.217. The van der Waals surface area contributed by atoms with Gasteiger partial charge in [0, 0.05) is 34.4 Å². The van der Waals surface area contributed by atoms with Crippen molar-refractivity contribution in [3.8, 4) is 0 Å². The number of anilines is 1. The number of nitrogens with zero attached hydrogens (tertiary/aromatic N) is 3. The number of fused-ring (bicyclic) bond motifs is 1. The molecule has 3 fully saturated rings. The fourth-order valence-electron chi connectivity index (χ4n) is 5.63. The molecule has 2 aliphatic heterocycles. The van der Waals surface area contributed by atoms with Crippen LogP contribution in [0, 0.1) is 5.41 Å². The molecule has 32 heavy (non-hydrogen) atoms. The van der Waals surface area contributed by atoms with Gasteiger partial charge in [0.1, 0.15) is 5.39 Å². The van der Waals surface area contributed by atoms with E-state index in [1.54, 1.807) is 0 Å². The number of aromatic amines is 2. The second kappa shape index (κ2) is 7.13. The van der Waals surface area contributed by atoms with Crippen molar-refractivity contribution in [2.24, 2.45) is 11.1 Å². The summed E-state index contributed by atoms with van der Waals surface area (Å²) in [5, 5.41) is 8.19. The van der Waals surface area contributed by atoms with Crippen molar-refractivity contribution in [2.45, 2.75) is 50.2 Å². The maximum atomic E-state index is 13.2. The number of hydrogen-bond acceptors (Lipinski definition) is 6. The van der Waals surface area contributed by atoms with E-state index < -0.39 is 0 Å². The number of piperidine rings is 1. The molecule has 0 bridgehead atoms. The average Bonchev–Trinajstić information content (AvgIpc) is 3.42. The molecule has 2 aromatic heterocycles. The normalized spacial score (nSPS) is 26.2. The lowest BCUT2D eigenvalue weighted by molar-refractivity contribution is 0.0973. The molecule has 168 valence electrons. The monoisotopic (exact) mass is 498 g/mol. The average molecular weight is 499 g/mol. The molecule has 8 nitrogen and oxygen atoms in total. The highest BCUT2D eigenvalue weighted by Crippen LogP contribution is 2.54. The maximum Gasteiger partial charge on any atom is 0.263 e. The molecular weight excluding hydrogens is 472 g/mol. The molecule has 0 amide bonds. The quantitative estimate of drug-likeness (QED) is 0.511. The van der Waals surface area contributed by atoms with Crippen LogP contribution < -0.4 is 16.2 Å². The third-order valence-corrected chi connectivity index (χ3v) is 8.40. The number of halogens is 1. The predicted molar refractivity (Wildman–Crippen MR) is 126 cm³/mol. The molecule has 6 rings (SSSR count). The molecule has 3 aliphatic rings. The fourth-order valence-corrected chi connectivity index (χ4v) is 6.03. The first-order chi connectivity index (χ1) is 15.4. The third-order valence-electron chi connectivity index (χ3n) is 7.90. The van der Waals surface area contributed by atoms with Gasteiger partial charge in [-0.25, -0.2) is 0 Å². The van der Waals surface area contributed by atoms with Crippen LogP contribution in [0.4, 0.5) is 5.95 Å². The summed E-state index contributed by atoms with van der Waals surface area (Å²) in [5.41, 5.74) is 8.65. The lowest BCUT2D eigenvalue weighted by atomic mass is 9.73. The Kier molecular flexibility index (Phi) is 4.54. The van der Waals surface area contributed by atoms with Gasteiger partial charge in [-0.1, -0.05) is 28.1 Å². The number of aromatic nitrogens is 4. The van der Waals surface area contributed by atoms with Crippen LogP contribution in [-0.2, 0) is 10.2 Å². The van der Waals surface area contributed by atoms with Crippen LogP contribution in [0.1, 0.15) is 43.9 Å². The van der Waals surface area contributed by atoms with Crippen LogP contribution in [-0.4, -0.2) is 52.0 Å². The molecule has 3 aromatic rings. The summed E-state index contributed by atoms with van der Waals surface area (Å²) >= 11 is 3.56. The van der Waals surface area contributed by atoms with Crippen molar-refractivity contribution >= 4 is 32.9 Å². The largest absolute Gasteiger partial charge is 0.376 e. The van der Waals surface area contributed by atoms with Crippen molar-refractivity contribution in [1.29, 1.82) is 0 Å². The van der Waals surface area contributed by atoms with E-state index in [4.69, 9.17) is 15.5 Å². The summed E-state index contributed by atoms with van der Waals surface area (Å²) in [6.07, 6.45) is 3.90. The standard InChI is InChI=1S/C23H27BrN6O2/c1-13-17(25)22(12-32-13)7-9-30(10-8-22)21-26-19-16(20(31)27-21)18(28-29-19)23(5-6-23)14-3-2-4-15(24)11-14/h2-4,11,13,17H,5-10,12,25H2,1H3,(H2,26,27,28,29,31)/t13-,17+/m0/s1. The smallest absolute Gasteiger partial charge is 0.263 e. The molecule has 0 radical (unpaired) electrons. The van der Waals surface area contributed by atoms with Crippen LogP contribution in [0.2, 0.25) is 0 Å². The maximum absolute atomic E-state index is 13.2. The van der Waals surface area contributed by atoms with Gasteiger partial charge in [-0.15, -0.1) is 0 Å². The number of nitrogens with one attached hydrogen (secondary N) is 2. The molecule has 2 atom stereocenters. The van der Waals surface area contributed by atoms with Crippen LogP contribution in [0.15, 0.2) is 33.5 Å². The molecule has 4 N–H and O–H groups in total. The zero-order chi connectivity index (χ0) is 22.1. The van der Waals surface area contributed by atoms with Gasteiger partial charge in [0.25, 0.3) is 5.56 Å². The number of ether oxygens (including phenoxy) is 1. The van der Waals surface area contributed by atoms with Gasteiger partial charge in [-0.2, -0.15) is 10.1 Å². The second-order valence-electron chi connectivity index (χ2n) is 9.67. The zero-order valence-corrected chi connectivity index (χ0v) is 19.6. The topological polar surface area (TPSA) is 113 Å². The molecule has 1 saturated carbocycles. The van der Waals surface area contributed by atoms with Gasteiger partial charge < -0.3 is 15.4 Å². The lowest BCUT2D eigenvalue weighted by Crippen LogP contribution is -2.51. The number of hydrogen-bond donors (Lipinski definition) is 3. The summed E-state index contributed by atoms with van der Waals surface area (Å²) in [6, 6.07) is 8.32. The number of benzene rings is 1. The van der Waals surface area contributed by atoms with Crippen molar-refractivity contribution in [1.82, 2.24) is 20.2 Å². The van der Waals surface area contributed by atoms with E-state index in [-0.39, 0.29) is 28.5 Å². The highest BCUT2D eigenvalue weighted by Gasteiger charge is 2.50. The Hall–Kier alpha value is -2.23. The van der Waals surface area contributed by atoms with Crippen molar-refractivity contribution in [3.63, 3.8) is 0 Å². The highest BCUT2D eigenvalue weighted by molar-refractivity contribution is 9.10. The van der Waals surface area contributed by atoms with E-state index in [9.17, 15) is 4.79 Å². The molecule has 1 spiro atoms. The summed E-state index contributed by atoms with van der Waals surface area (Å²) < 4.78 is 6.86. The van der Waals surface area contributed by atoms with E-state index in [2.05, 4.69) is 55.1 Å². The second-order valence-corrected chi connectivity index (χ2v) is 10.6.